The van der Waals surface area contributed by atoms with Gasteiger partial charge in [-0.3, -0.25) is 19.9 Å². The number of aryl methyl sites for hydroxylation is 1. The van der Waals surface area contributed by atoms with E-state index in [1.54, 1.807) is 0 Å². The highest BCUT2D eigenvalue weighted by molar-refractivity contribution is 7.25. The van der Waals surface area contributed by atoms with Crippen LogP contribution in [0.5, 0.6) is 0 Å². The summed E-state index contributed by atoms with van der Waals surface area (Å²) in [6, 6.07) is 67.0. The lowest BCUT2D eigenvalue weighted by atomic mass is 9.94. The van der Waals surface area contributed by atoms with E-state index >= 15 is 0 Å². The molecule has 0 N–H and O–H groups in total. The first-order chi connectivity index (χ1) is 33.2. The number of nitrogens with zero attached hydrogens (tertiary/aromatic N) is 5. The molecule has 0 bridgehead atoms. The Labute approximate surface area is 395 Å². The van der Waals surface area contributed by atoms with E-state index in [2.05, 4.69) is 167 Å². The summed E-state index contributed by atoms with van der Waals surface area (Å²) >= 11 is 1.84. The van der Waals surface area contributed by atoms with Crippen LogP contribution in [0.4, 0.5) is 0 Å². The molecule has 0 saturated carbocycles. The topological polar surface area (TPSA) is 56.5 Å². The van der Waals surface area contributed by atoms with Gasteiger partial charge in [-0.15, -0.1) is 11.3 Å². The summed E-state index contributed by atoms with van der Waals surface area (Å²) in [5.74, 6) is 0. The third-order valence-electron chi connectivity index (χ3n) is 12.1. The van der Waals surface area contributed by atoms with Crippen molar-refractivity contribution in [3.8, 4) is 61.6 Å². The van der Waals surface area contributed by atoms with Crippen LogP contribution in [0.2, 0.25) is 0 Å². The minimum absolute atomic E-state index is 0.960. The van der Waals surface area contributed by atoms with Crippen molar-refractivity contribution in [3.05, 3.63) is 225 Å². The summed E-state index contributed by atoms with van der Waals surface area (Å²) in [5.41, 5.74) is 15.7. The molecule has 0 fully saturated rings. The minimum atomic E-state index is 0.960. The smallest absolute Gasteiger partial charge is 0.0708 e. The highest BCUT2D eigenvalue weighted by atomic mass is 32.1. The molecule has 0 saturated heterocycles. The fourth-order valence-corrected chi connectivity index (χ4v) is 10.1. The molecule has 6 heterocycles. The van der Waals surface area contributed by atoms with E-state index in [4.69, 9.17) is 9.97 Å². The predicted octanol–water partition coefficient (Wildman–Crippen LogP) is 16.7. The van der Waals surface area contributed by atoms with Gasteiger partial charge in [-0.05, 0) is 131 Å². The van der Waals surface area contributed by atoms with E-state index in [1.807, 2.05) is 98.6 Å². The van der Waals surface area contributed by atoms with Crippen LogP contribution < -0.4 is 0 Å². The molecule has 0 spiro atoms. The van der Waals surface area contributed by atoms with Gasteiger partial charge in [0.25, 0.3) is 0 Å². The van der Waals surface area contributed by atoms with Gasteiger partial charge in [-0.25, -0.2) is 0 Å². The Kier molecular flexibility index (Phi) is 12.5. The SMILES string of the molecule is CC.CCCc1ccccn1.c1ccc(-c2ccccc2-c2ccc3c(c2)c2cc(-c4ccccc4-c4ccccn4)ccc2n3-c2ccc3sc4ccc(-c5cccnc5)cc4c3c2)nc1. The second kappa shape index (κ2) is 19.6. The molecule has 0 unspecified atom stereocenters. The molecule has 12 rings (SSSR count). The maximum absolute atomic E-state index is 4.72. The van der Waals surface area contributed by atoms with Crippen molar-refractivity contribution in [2.24, 2.45) is 0 Å². The zero-order chi connectivity index (χ0) is 45.5. The maximum atomic E-state index is 4.72. The van der Waals surface area contributed by atoms with Gasteiger partial charge in [-0.1, -0.05) is 118 Å². The number of rotatable bonds is 8. The average molecular weight is 884 g/mol. The molecule has 0 aliphatic heterocycles. The molecule has 5 nitrogen and oxygen atoms in total. The molecule has 6 aromatic carbocycles. The lowest BCUT2D eigenvalue weighted by molar-refractivity contribution is 0.883. The molecule has 0 atom stereocenters. The Bertz CT molecular complexity index is 3460. The van der Waals surface area contributed by atoms with Gasteiger partial charge in [0.15, 0.2) is 0 Å². The highest BCUT2D eigenvalue weighted by Gasteiger charge is 2.18. The van der Waals surface area contributed by atoms with Crippen molar-refractivity contribution in [3.63, 3.8) is 0 Å². The molecular weight excluding hydrogens is 835 g/mol. The van der Waals surface area contributed by atoms with E-state index in [9.17, 15) is 0 Å². The van der Waals surface area contributed by atoms with Crippen LogP contribution in [-0.2, 0) is 6.42 Å². The van der Waals surface area contributed by atoms with Crippen LogP contribution >= 0.6 is 11.3 Å². The van der Waals surface area contributed by atoms with Crippen molar-refractivity contribution in [2.45, 2.75) is 33.6 Å². The first kappa shape index (κ1) is 42.9. The molecule has 0 radical (unpaired) electrons. The Morgan fingerprint density at radius 3 is 1.48 bits per heavy atom. The van der Waals surface area contributed by atoms with E-state index in [0.29, 0.717) is 0 Å². The van der Waals surface area contributed by atoms with Crippen LogP contribution in [0.3, 0.4) is 0 Å². The van der Waals surface area contributed by atoms with E-state index < -0.39 is 0 Å². The normalized spacial score (nSPS) is 11.0. The number of benzene rings is 6. The number of pyridine rings is 4. The van der Waals surface area contributed by atoms with E-state index in [0.717, 1.165) is 73.5 Å². The summed E-state index contributed by atoms with van der Waals surface area (Å²) in [5, 5.41) is 4.90. The zero-order valence-corrected chi connectivity index (χ0v) is 38.7. The Morgan fingerprint density at radius 1 is 0.418 bits per heavy atom. The standard InChI is InChI=1S/C51H32N4S.C8H11N.C2H6/c1-3-13-40(46-15-5-7-26-53-46)38(11-1)34-17-21-48-42(29-34)43-30-35(39-12-2-4-14-41(39)47-16-6-8-27-54-47)18-22-49(43)55(48)37-20-24-51-45(31-37)44-28-33(19-23-50(44)56-51)36-10-9-25-52-32-36;1-2-5-8-6-3-4-7-9-8;1-2/h1-32H;3-4,6-7H,2,5H2,1H3;1-2H3. The van der Waals surface area contributed by atoms with Crippen LogP contribution in [0.25, 0.3) is 104 Å². The highest BCUT2D eigenvalue weighted by Crippen LogP contribution is 2.42. The molecule has 12 aromatic rings. The lowest BCUT2D eigenvalue weighted by Crippen LogP contribution is -1.94. The molecule has 6 aromatic heterocycles. The number of fused-ring (bicyclic) bond motifs is 6. The Balaban J connectivity index is 0.000000426. The molecule has 0 amide bonds. The van der Waals surface area contributed by atoms with Crippen LogP contribution in [0.15, 0.2) is 219 Å². The second-order valence-electron chi connectivity index (χ2n) is 16.1. The second-order valence-corrected chi connectivity index (χ2v) is 17.2. The quantitative estimate of drug-likeness (QED) is 0.153. The van der Waals surface area contributed by atoms with E-state index in [1.165, 1.54) is 48.6 Å². The molecule has 324 valence electrons. The zero-order valence-electron chi connectivity index (χ0n) is 37.8. The lowest BCUT2D eigenvalue weighted by Gasteiger charge is -2.11. The van der Waals surface area contributed by atoms with Crippen molar-refractivity contribution in [1.29, 1.82) is 0 Å². The molecule has 0 aliphatic rings. The maximum Gasteiger partial charge on any atom is 0.0708 e. The first-order valence-corrected chi connectivity index (χ1v) is 23.9. The van der Waals surface area contributed by atoms with Gasteiger partial charge in [0.2, 0.25) is 0 Å². The van der Waals surface area contributed by atoms with Crippen LogP contribution in [0, 0.1) is 0 Å². The summed E-state index contributed by atoms with van der Waals surface area (Å²) in [6.07, 6.45) is 11.6. The monoisotopic (exact) mass is 883 g/mol. The minimum Gasteiger partial charge on any atom is -0.309 e. The van der Waals surface area contributed by atoms with Gasteiger partial charge < -0.3 is 4.57 Å². The summed E-state index contributed by atoms with van der Waals surface area (Å²) in [6.45, 7) is 6.16. The molecule has 67 heavy (non-hydrogen) atoms. The summed E-state index contributed by atoms with van der Waals surface area (Å²) in [4.78, 5) is 18.0. The predicted molar refractivity (Wildman–Crippen MR) is 284 cm³/mol. The van der Waals surface area contributed by atoms with E-state index in [-0.39, 0.29) is 0 Å². The van der Waals surface area contributed by atoms with Crippen molar-refractivity contribution in [2.75, 3.05) is 0 Å². The largest absolute Gasteiger partial charge is 0.309 e. The van der Waals surface area contributed by atoms with Gasteiger partial charge in [0.05, 0.1) is 22.4 Å². The third kappa shape index (κ3) is 8.63. The molecule has 6 heteroatoms. The van der Waals surface area contributed by atoms with Crippen LogP contribution in [0.1, 0.15) is 32.9 Å². The third-order valence-corrected chi connectivity index (χ3v) is 13.2. The van der Waals surface area contributed by atoms with Crippen molar-refractivity contribution in [1.82, 2.24) is 24.5 Å². The molecular formula is C61H49N5S. The Morgan fingerprint density at radius 2 is 0.940 bits per heavy atom. The summed E-state index contributed by atoms with van der Waals surface area (Å²) in [7, 11) is 0. The first-order valence-electron chi connectivity index (χ1n) is 23.1. The number of aromatic nitrogens is 5. The van der Waals surface area contributed by atoms with Gasteiger partial charge in [0.1, 0.15) is 0 Å². The van der Waals surface area contributed by atoms with Crippen LogP contribution in [-0.4, -0.2) is 24.5 Å². The fraction of sp³-hybridized carbons (Fsp3) is 0.0820. The number of hydrogen-bond donors (Lipinski definition) is 0. The van der Waals surface area contributed by atoms with Gasteiger partial charge >= 0.3 is 0 Å². The van der Waals surface area contributed by atoms with Gasteiger partial charge in [-0.2, -0.15) is 0 Å². The van der Waals surface area contributed by atoms with Gasteiger partial charge in [0, 0.05) is 90.0 Å². The number of hydrogen-bond acceptors (Lipinski definition) is 5. The van der Waals surface area contributed by atoms with Crippen molar-refractivity contribution >= 4 is 53.3 Å². The summed E-state index contributed by atoms with van der Waals surface area (Å²) < 4.78 is 4.98. The fourth-order valence-electron chi connectivity index (χ4n) is 9.02. The Hall–Kier alpha value is -8.06. The number of thiophene rings is 1. The molecule has 0 aliphatic carbocycles. The average Bonchev–Trinajstić information content (AvgIpc) is 3.94. The van der Waals surface area contributed by atoms with Crippen molar-refractivity contribution < 1.29 is 0 Å².